The van der Waals surface area contributed by atoms with E-state index in [-0.39, 0.29) is 11.8 Å². The minimum absolute atomic E-state index is 0.0477. The lowest BCUT2D eigenvalue weighted by atomic mass is 9.76. The van der Waals surface area contributed by atoms with Crippen LogP contribution in [0, 0.1) is 0 Å². The van der Waals surface area contributed by atoms with Crippen LogP contribution < -0.4 is 5.32 Å². The number of piperazine rings is 1. The molecule has 0 atom stereocenters. The number of carbonyl (C=O) groups is 2. The van der Waals surface area contributed by atoms with E-state index in [0.29, 0.717) is 6.54 Å². The summed E-state index contributed by atoms with van der Waals surface area (Å²) < 4.78 is 0. The molecule has 1 spiro atoms. The second-order valence-corrected chi connectivity index (χ2v) is 7.49. The number of nitrogens with one attached hydrogen (secondary N) is 1. The molecule has 114 valence electrons. The number of thiazole rings is 1. The first-order chi connectivity index (χ1) is 9.96. The molecular weight excluding hydrogens is 286 g/mol. The van der Waals surface area contributed by atoms with Crippen molar-refractivity contribution in [3.63, 3.8) is 0 Å². The van der Waals surface area contributed by atoms with Crippen LogP contribution in [-0.4, -0.2) is 32.8 Å². The van der Waals surface area contributed by atoms with Gasteiger partial charge in [-0.05, 0) is 26.7 Å². The van der Waals surface area contributed by atoms with Crippen LogP contribution >= 0.6 is 11.3 Å². The molecule has 2 fully saturated rings. The van der Waals surface area contributed by atoms with E-state index in [9.17, 15) is 9.59 Å². The van der Waals surface area contributed by atoms with Crippen LogP contribution in [0.25, 0.3) is 0 Å². The summed E-state index contributed by atoms with van der Waals surface area (Å²) in [5, 5.41) is 3.04. The Morgan fingerprint density at radius 1 is 1.29 bits per heavy atom. The summed E-state index contributed by atoms with van der Waals surface area (Å²) in [7, 11) is 0. The Labute approximate surface area is 128 Å². The molecule has 5 nitrogen and oxygen atoms in total. The van der Waals surface area contributed by atoms with E-state index in [4.69, 9.17) is 0 Å². The fourth-order valence-electron chi connectivity index (χ4n) is 3.30. The first-order valence-electron chi connectivity index (χ1n) is 7.48. The number of hydrogen-bond donors (Lipinski definition) is 1. The van der Waals surface area contributed by atoms with Gasteiger partial charge in [-0.15, -0.1) is 11.3 Å². The first kappa shape index (κ1) is 14.5. The molecule has 0 unspecified atom stereocenters. The third-order valence-corrected chi connectivity index (χ3v) is 5.51. The van der Waals surface area contributed by atoms with Gasteiger partial charge in [0.1, 0.15) is 11.1 Å². The largest absolute Gasteiger partial charge is 0.340 e. The van der Waals surface area contributed by atoms with E-state index in [2.05, 4.69) is 10.3 Å². The van der Waals surface area contributed by atoms with Crippen molar-refractivity contribution in [2.24, 2.45) is 0 Å². The summed E-state index contributed by atoms with van der Waals surface area (Å²) in [6.45, 7) is 4.10. The summed E-state index contributed by atoms with van der Waals surface area (Å²) in [5.41, 5.74) is 0.270. The van der Waals surface area contributed by atoms with Gasteiger partial charge in [0.25, 0.3) is 0 Å². The second kappa shape index (κ2) is 5.09. The molecule has 0 aromatic carbocycles. The third kappa shape index (κ3) is 2.35. The summed E-state index contributed by atoms with van der Waals surface area (Å²) in [6, 6.07) is 0. The van der Waals surface area contributed by atoms with Crippen LogP contribution in [0.15, 0.2) is 11.7 Å². The molecule has 2 aliphatic rings. The minimum atomic E-state index is -0.816. The predicted octanol–water partition coefficient (Wildman–Crippen LogP) is 2.08. The molecule has 6 heteroatoms. The van der Waals surface area contributed by atoms with Crippen LogP contribution in [0.2, 0.25) is 0 Å². The number of amides is 2. The Bertz CT molecular complexity index is 547. The monoisotopic (exact) mass is 307 g/mol. The number of nitrogens with zero attached hydrogens (tertiary/aromatic N) is 2. The van der Waals surface area contributed by atoms with Crippen molar-refractivity contribution in [1.29, 1.82) is 0 Å². The van der Waals surface area contributed by atoms with Crippen molar-refractivity contribution in [3.8, 4) is 0 Å². The average Bonchev–Trinajstić information content (AvgIpc) is 2.96. The highest BCUT2D eigenvalue weighted by Gasteiger charge is 2.54. The van der Waals surface area contributed by atoms with E-state index in [1.807, 2.05) is 13.8 Å². The van der Waals surface area contributed by atoms with Crippen LogP contribution in [0.4, 0.5) is 0 Å². The fourth-order valence-corrected chi connectivity index (χ4v) is 3.88. The Morgan fingerprint density at radius 3 is 2.62 bits per heavy atom. The lowest BCUT2D eigenvalue weighted by Gasteiger charge is -2.51. The van der Waals surface area contributed by atoms with Gasteiger partial charge in [-0.2, -0.15) is 0 Å². The normalized spacial score (nSPS) is 24.2. The molecule has 1 aliphatic heterocycles. The van der Waals surface area contributed by atoms with E-state index in [0.717, 1.165) is 37.0 Å². The Morgan fingerprint density at radius 2 is 2.00 bits per heavy atom. The van der Waals surface area contributed by atoms with Gasteiger partial charge >= 0.3 is 0 Å². The van der Waals surface area contributed by atoms with Crippen molar-refractivity contribution < 1.29 is 9.59 Å². The maximum absolute atomic E-state index is 13.1. The highest BCUT2D eigenvalue weighted by atomic mass is 32.1. The number of carbonyl (C=O) groups excluding carboxylic acids is 2. The lowest BCUT2D eigenvalue weighted by molar-refractivity contribution is -0.163. The number of rotatable bonds is 2. The van der Waals surface area contributed by atoms with E-state index in [1.54, 1.807) is 16.6 Å². The summed E-state index contributed by atoms with van der Waals surface area (Å²) in [5.74, 6) is 0.0220. The molecule has 1 saturated heterocycles. The van der Waals surface area contributed by atoms with Gasteiger partial charge in [-0.1, -0.05) is 19.3 Å². The molecule has 1 aromatic heterocycles. The van der Waals surface area contributed by atoms with Gasteiger partial charge in [0.05, 0.1) is 12.1 Å². The van der Waals surface area contributed by atoms with Crippen LogP contribution in [0.3, 0.4) is 0 Å². The highest BCUT2D eigenvalue weighted by molar-refractivity contribution is 7.09. The minimum Gasteiger partial charge on any atom is -0.340 e. The first-order valence-corrected chi connectivity index (χ1v) is 8.36. The zero-order chi connectivity index (χ0) is 15.1. The average molecular weight is 307 g/mol. The van der Waals surface area contributed by atoms with Crippen LogP contribution in [-0.2, 0) is 16.1 Å². The molecular formula is C15H21N3O2S. The van der Waals surface area contributed by atoms with E-state index < -0.39 is 11.1 Å². The van der Waals surface area contributed by atoms with Crippen LogP contribution in [0.1, 0.15) is 50.8 Å². The van der Waals surface area contributed by atoms with Crippen molar-refractivity contribution in [3.05, 3.63) is 16.6 Å². The standard InChI is InChI=1S/C15H21N3O2S/c1-14(2)12(19)17-15(6-4-3-5-7-15)13(20)18(14)9-11-8-16-10-21-11/h8,10H,3-7,9H2,1-2H3,(H,17,19). The van der Waals surface area contributed by atoms with E-state index >= 15 is 0 Å². The molecule has 3 rings (SSSR count). The van der Waals surface area contributed by atoms with Gasteiger partial charge in [-0.3, -0.25) is 14.6 Å². The Balaban J connectivity index is 1.93. The zero-order valence-electron chi connectivity index (χ0n) is 12.5. The number of aromatic nitrogens is 1. The van der Waals surface area contributed by atoms with E-state index in [1.165, 1.54) is 11.3 Å². The molecule has 0 radical (unpaired) electrons. The zero-order valence-corrected chi connectivity index (χ0v) is 13.3. The summed E-state index contributed by atoms with van der Waals surface area (Å²) in [4.78, 5) is 32.5. The maximum Gasteiger partial charge on any atom is 0.249 e. The molecule has 2 heterocycles. The molecule has 1 aliphatic carbocycles. The topological polar surface area (TPSA) is 62.3 Å². The SMILES string of the molecule is CC1(C)C(=O)NC2(CCCCC2)C(=O)N1Cc1cncs1. The van der Waals surface area contributed by atoms with Crippen LogP contribution in [0.5, 0.6) is 0 Å². The Kier molecular flexibility index (Phi) is 3.51. The van der Waals surface area contributed by atoms with Gasteiger partial charge in [-0.25, -0.2) is 0 Å². The quantitative estimate of drug-likeness (QED) is 0.910. The van der Waals surface area contributed by atoms with Crippen molar-refractivity contribution in [1.82, 2.24) is 15.2 Å². The highest BCUT2D eigenvalue weighted by Crippen LogP contribution is 2.37. The molecule has 2 amide bonds. The smallest absolute Gasteiger partial charge is 0.249 e. The van der Waals surface area contributed by atoms with Gasteiger partial charge in [0.15, 0.2) is 0 Å². The van der Waals surface area contributed by atoms with Crippen molar-refractivity contribution in [2.45, 2.75) is 63.6 Å². The Hall–Kier alpha value is -1.43. The van der Waals surface area contributed by atoms with Gasteiger partial charge in [0.2, 0.25) is 11.8 Å². The van der Waals surface area contributed by atoms with Gasteiger partial charge in [0, 0.05) is 11.1 Å². The second-order valence-electron chi connectivity index (χ2n) is 6.51. The molecule has 1 saturated carbocycles. The third-order valence-electron chi connectivity index (χ3n) is 4.74. The fraction of sp³-hybridized carbons (Fsp3) is 0.667. The lowest BCUT2D eigenvalue weighted by Crippen LogP contribution is -2.74. The predicted molar refractivity (Wildman–Crippen MR) is 80.7 cm³/mol. The molecule has 1 aromatic rings. The molecule has 0 bridgehead atoms. The van der Waals surface area contributed by atoms with Crippen molar-refractivity contribution >= 4 is 23.2 Å². The molecule has 21 heavy (non-hydrogen) atoms. The summed E-state index contributed by atoms with van der Waals surface area (Å²) in [6.07, 6.45) is 6.43. The maximum atomic E-state index is 13.1. The molecule has 1 N–H and O–H groups in total. The summed E-state index contributed by atoms with van der Waals surface area (Å²) >= 11 is 1.52. The number of hydrogen-bond acceptors (Lipinski definition) is 4. The van der Waals surface area contributed by atoms with Crippen molar-refractivity contribution in [2.75, 3.05) is 0 Å². The van der Waals surface area contributed by atoms with Gasteiger partial charge < -0.3 is 10.2 Å².